The molecule has 2 N–H and O–H groups in total. The lowest BCUT2D eigenvalue weighted by Crippen LogP contribution is -2.39. The molecule has 5 heteroatoms. The molecule has 1 rings (SSSR count). The molecule has 0 aliphatic heterocycles. The van der Waals surface area contributed by atoms with E-state index in [0.717, 1.165) is 31.5 Å². The molecule has 0 bridgehead atoms. The summed E-state index contributed by atoms with van der Waals surface area (Å²) in [6.45, 7) is 8.07. The van der Waals surface area contributed by atoms with Crippen molar-refractivity contribution < 1.29 is 4.79 Å². The van der Waals surface area contributed by atoms with E-state index in [-0.39, 0.29) is 11.9 Å². The van der Waals surface area contributed by atoms with Crippen molar-refractivity contribution in [1.29, 1.82) is 0 Å². The second kappa shape index (κ2) is 7.87. The zero-order valence-corrected chi connectivity index (χ0v) is 11.6. The molecule has 0 saturated heterocycles. The summed E-state index contributed by atoms with van der Waals surface area (Å²) in [5.41, 5.74) is 1.15. The molecule has 0 aliphatic rings. The largest absolute Gasteiger partial charge is 0.353 e. The smallest absolute Gasteiger partial charge is 0.234 e. The van der Waals surface area contributed by atoms with Crippen LogP contribution in [0.5, 0.6) is 0 Å². The van der Waals surface area contributed by atoms with Crippen LogP contribution in [0.25, 0.3) is 0 Å². The Kier molecular flexibility index (Phi) is 6.43. The van der Waals surface area contributed by atoms with Gasteiger partial charge in [0.25, 0.3) is 0 Å². The van der Waals surface area contributed by atoms with Gasteiger partial charge in [-0.15, -0.1) is 0 Å². The number of carbonyl (C=O) groups excluding carboxylic acids is 1. The Morgan fingerprint density at radius 3 is 2.94 bits per heavy atom. The van der Waals surface area contributed by atoms with Crippen LogP contribution in [-0.2, 0) is 11.3 Å². The molecular formula is C13H24N4O. The maximum Gasteiger partial charge on any atom is 0.234 e. The molecule has 0 fully saturated rings. The van der Waals surface area contributed by atoms with E-state index in [2.05, 4.69) is 22.7 Å². The Labute approximate surface area is 109 Å². The quantitative estimate of drug-likeness (QED) is 0.681. The van der Waals surface area contributed by atoms with Crippen molar-refractivity contribution in [3.63, 3.8) is 0 Å². The summed E-state index contributed by atoms with van der Waals surface area (Å²) in [7, 11) is 0. The van der Waals surface area contributed by atoms with Crippen LogP contribution in [-0.4, -0.2) is 34.8 Å². The average molecular weight is 252 g/mol. The number of amides is 1. The van der Waals surface area contributed by atoms with Crippen LogP contribution in [0.15, 0.2) is 12.4 Å². The number of nitrogens with one attached hydrogen (secondary N) is 2. The van der Waals surface area contributed by atoms with Crippen molar-refractivity contribution >= 4 is 5.91 Å². The number of aryl methyl sites for hydroxylation is 1. The van der Waals surface area contributed by atoms with Gasteiger partial charge in [-0.05, 0) is 25.8 Å². The highest BCUT2D eigenvalue weighted by molar-refractivity contribution is 5.78. The lowest BCUT2D eigenvalue weighted by atomic mass is 10.2. The van der Waals surface area contributed by atoms with E-state index in [1.54, 1.807) is 0 Å². The van der Waals surface area contributed by atoms with Crippen molar-refractivity contribution in [3.8, 4) is 0 Å². The van der Waals surface area contributed by atoms with Crippen molar-refractivity contribution in [3.05, 3.63) is 18.0 Å². The van der Waals surface area contributed by atoms with Crippen LogP contribution in [0.1, 0.15) is 32.3 Å². The number of hydrogen-bond donors (Lipinski definition) is 2. The molecule has 0 radical (unpaired) electrons. The molecule has 5 nitrogen and oxygen atoms in total. The van der Waals surface area contributed by atoms with E-state index in [1.165, 1.54) is 0 Å². The third-order valence-electron chi connectivity index (χ3n) is 2.69. The van der Waals surface area contributed by atoms with Crippen LogP contribution in [0.4, 0.5) is 0 Å². The Balaban J connectivity index is 2.08. The molecule has 1 unspecified atom stereocenters. The second-order valence-electron chi connectivity index (χ2n) is 4.71. The maximum absolute atomic E-state index is 11.5. The monoisotopic (exact) mass is 252 g/mol. The first-order valence-corrected chi connectivity index (χ1v) is 6.61. The predicted molar refractivity (Wildman–Crippen MR) is 72.3 cm³/mol. The van der Waals surface area contributed by atoms with Crippen LogP contribution < -0.4 is 10.6 Å². The Morgan fingerprint density at radius 1 is 1.56 bits per heavy atom. The topological polar surface area (TPSA) is 59.0 Å². The fourth-order valence-electron chi connectivity index (χ4n) is 1.82. The van der Waals surface area contributed by atoms with Gasteiger partial charge < -0.3 is 10.6 Å². The van der Waals surface area contributed by atoms with E-state index in [9.17, 15) is 4.79 Å². The number of aromatic nitrogens is 2. The highest BCUT2D eigenvalue weighted by atomic mass is 16.1. The Bertz CT molecular complexity index is 362. The first kappa shape index (κ1) is 14.7. The summed E-state index contributed by atoms with van der Waals surface area (Å²) in [6, 6.07) is 0.262. The third-order valence-corrected chi connectivity index (χ3v) is 2.69. The lowest BCUT2D eigenvalue weighted by molar-refractivity contribution is -0.120. The molecule has 1 heterocycles. The molecule has 0 aromatic carbocycles. The minimum absolute atomic E-state index is 0.0626. The highest BCUT2D eigenvalue weighted by Gasteiger charge is 2.05. The fourth-order valence-corrected chi connectivity index (χ4v) is 1.82. The van der Waals surface area contributed by atoms with E-state index in [1.807, 2.05) is 30.9 Å². The van der Waals surface area contributed by atoms with Gasteiger partial charge in [0, 0.05) is 18.8 Å². The molecule has 0 saturated carbocycles. The predicted octanol–water partition coefficient (Wildman–Crippen LogP) is 1.09. The first-order chi connectivity index (χ1) is 8.61. The zero-order valence-electron chi connectivity index (χ0n) is 11.6. The Morgan fingerprint density at radius 2 is 2.33 bits per heavy atom. The molecule has 18 heavy (non-hydrogen) atoms. The summed E-state index contributed by atoms with van der Waals surface area (Å²) < 4.78 is 1.87. The maximum atomic E-state index is 11.5. The summed E-state index contributed by atoms with van der Waals surface area (Å²) >= 11 is 0. The molecular weight excluding hydrogens is 228 g/mol. The molecule has 1 aromatic rings. The summed E-state index contributed by atoms with van der Waals surface area (Å²) in [6.07, 6.45) is 5.94. The van der Waals surface area contributed by atoms with Crippen molar-refractivity contribution in [2.24, 2.45) is 0 Å². The van der Waals surface area contributed by atoms with Gasteiger partial charge in [-0.1, -0.05) is 13.3 Å². The summed E-state index contributed by atoms with van der Waals surface area (Å²) in [4.78, 5) is 11.5. The molecule has 0 aliphatic carbocycles. The van der Waals surface area contributed by atoms with Crippen LogP contribution in [0.3, 0.4) is 0 Å². The molecule has 1 atom stereocenters. The van der Waals surface area contributed by atoms with Crippen molar-refractivity contribution in [2.45, 2.75) is 46.2 Å². The normalized spacial score (nSPS) is 12.4. The van der Waals surface area contributed by atoms with Crippen LogP contribution >= 0.6 is 0 Å². The van der Waals surface area contributed by atoms with Gasteiger partial charge in [-0.25, -0.2) is 0 Å². The van der Waals surface area contributed by atoms with Crippen molar-refractivity contribution in [2.75, 3.05) is 13.1 Å². The summed E-state index contributed by atoms with van der Waals surface area (Å²) in [5.74, 6) is 0.0626. The number of rotatable bonds is 8. The molecule has 102 valence electrons. The van der Waals surface area contributed by atoms with E-state index < -0.39 is 0 Å². The molecule has 1 amide bonds. The van der Waals surface area contributed by atoms with E-state index in [0.29, 0.717) is 6.54 Å². The fraction of sp³-hybridized carbons (Fsp3) is 0.692. The van der Waals surface area contributed by atoms with Gasteiger partial charge in [0.2, 0.25) is 5.91 Å². The van der Waals surface area contributed by atoms with Gasteiger partial charge in [0.1, 0.15) is 0 Å². The highest BCUT2D eigenvalue weighted by Crippen LogP contribution is 1.94. The minimum Gasteiger partial charge on any atom is -0.353 e. The number of carbonyl (C=O) groups is 1. The van der Waals surface area contributed by atoms with E-state index in [4.69, 9.17) is 0 Å². The lowest BCUT2D eigenvalue weighted by Gasteiger charge is -2.13. The summed E-state index contributed by atoms with van der Waals surface area (Å²) in [5, 5.41) is 10.3. The minimum atomic E-state index is 0.0626. The number of hydrogen-bond acceptors (Lipinski definition) is 3. The van der Waals surface area contributed by atoms with Gasteiger partial charge in [0.05, 0.1) is 19.3 Å². The zero-order chi connectivity index (χ0) is 13.4. The SMILES string of the molecule is CCCC(C)NC(=O)CNCCn1cc(C)cn1. The molecule has 0 spiro atoms. The molecule has 1 aromatic heterocycles. The van der Waals surface area contributed by atoms with Crippen molar-refractivity contribution in [1.82, 2.24) is 20.4 Å². The van der Waals surface area contributed by atoms with Gasteiger partial charge in [-0.3, -0.25) is 9.48 Å². The standard InChI is InChI=1S/C13H24N4O/c1-4-5-12(3)16-13(18)9-14-6-7-17-10-11(2)8-15-17/h8,10,12,14H,4-7,9H2,1-3H3,(H,16,18). The van der Waals surface area contributed by atoms with Gasteiger partial charge in [-0.2, -0.15) is 5.10 Å². The average Bonchev–Trinajstić information content (AvgIpc) is 2.71. The van der Waals surface area contributed by atoms with Crippen LogP contribution in [0.2, 0.25) is 0 Å². The van der Waals surface area contributed by atoms with Crippen LogP contribution in [0, 0.1) is 6.92 Å². The van der Waals surface area contributed by atoms with E-state index >= 15 is 0 Å². The second-order valence-corrected chi connectivity index (χ2v) is 4.71. The number of nitrogens with zero attached hydrogens (tertiary/aromatic N) is 2. The van der Waals surface area contributed by atoms with Gasteiger partial charge >= 0.3 is 0 Å². The Hall–Kier alpha value is -1.36. The first-order valence-electron chi connectivity index (χ1n) is 6.61. The van der Waals surface area contributed by atoms with Gasteiger partial charge in [0.15, 0.2) is 0 Å². The third kappa shape index (κ3) is 5.82.